The number of nitro benzene ring substituents is 1. The fourth-order valence-electron chi connectivity index (χ4n) is 2.13. The molecule has 0 spiro atoms. The molecule has 7 heteroatoms. The van der Waals surface area contributed by atoms with E-state index in [1.807, 2.05) is 36.6 Å². The molecule has 1 N–H and O–H groups in total. The third kappa shape index (κ3) is 3.64. The number of rotatable bonds is 5. The standard InChI is InChI=1S/C17H14N4O2S/c1-12-5-2-3-6-14(12)10-18-20-17-19-16(11-24-17)13-7-4-8-15(9-13)21(22)23/h2-11H,1H3,(H,19,20)/b18-10+. The monoisotopic (exact) mass is 338 g/mol. The number of hydrazone groups is 1. The number of nitrogens with zero attached hydrogens (tertiary/aromatic N) is 3. The number of nitro groups is 1. The van der Waals surface area contributed by atoms with Crippen LogP contribution < -0.4 is 5.43 Å². The predicted octanol–water partition coefficient (Wildman–Crippen LogP) is 4.47. The van der Waals surface area contributed by atoms with Crippen LogP contribution >= 0.6 is 11.3 Å². The van der Waals surface area contributed by atoms with E-state index in [-0.39, 0.29) is 5.69 Å². The predicted molar refractivity (Wildman–Crippen MR) is 96.6 cm³/mol. The second-order valence-corrected chi connectivity index (χ2v) is 5.93. The maximum atomic E-state index is 10.8. The molecule has 3 aromatic rings. The molecule has 0 aliphatic carbocycles. The van der Waals surface area contributed by atoms with Gasteiger partial charge < -0.3 is 0 Å². The Morgan fingerprint density at radius 2 is 2.08 bits per heavy atom. The van der Waals surface area contributed by atoms with Crippen molar-refractivity contribution in [1.29, 1.82) is 0 Å². The maximum absolute atomic E-state index is 10.8. The Balaban J connectivity index is 1.73. The van der Waals surface area contributed by atoms with Crippen LogP contribution in [0.25, 0.3) is 11.3 Å². The van der Waals surface area contributed by atoms with E-state index in [1.165, 1.54) is 23.5 Å². The third-order valence-electron chi connectivity index (χ3n) is 3.41. The highest BCUT2D eigenvalue weighted by molar-refractivity contribution is 7.14. The molecule has 0 amide bonds. The second-order valence-electron chi connectivity index (χ2n) is 5.07. The van der Waals surface area contributed by atoms with E-state index in [0.717, 1.165) is 11.1 Å². The van der Waals surface area contributed by atoms with Gasteiger partial charge in [0.15, 0.2) is 0 Å². The molecule has 0 saturated heterocycles. The van der Waals surface area contributed by atoms with Gasteiger partial charge in [0.25, 0.3) is 5.69 Å². The van der Waals surface area contributed by atoms with Crippen molar-refractivity contribution in [1.82, 2.24) is 4.98 Å². The number of aryl methyl sites for hydroxylation is 1. The molecule has 1 heterocycles. The van der Waals surface area contributed by atoms with Crippen molar-refractivity contribution in [2.75, 3.05) is 5.43 Å². The fraction of sp³-hybridized carbons (Fsp3) is 0.0588. The van der Waals surface area contributed by atoms with E-state index in [1.54, 1.807) is 18.3 Å². The van der Waals surface area contributed by atoms with E-state index in [2.05, 4.69) is 15.5 Å². The van der Waals surface area contributed by atoms with Crippen LogP contribution in [0.15, 0.2) is 59.0 Å². The Labute approximate surface area is 142 Å². The van der Waals surface area contributed by atoms with Gasteiger partial charge in [0.1, 0.15) is 0 Å². The number of non-ortho nitro benzene ring substituents is 1. The van der Waals surface area contributed by atoms with Crippen LogP contribution in [0.2, 0.25) is 0 Å². The van der Waals surface area contributed by atoms with Crippen molar-refractivity contribution < 1.29 is 4.92 Å². The average molecular weight is 338 g/mol. The van der Waals surface area contributed by atoms with Gasteiger partial charge >= 0.3 is 0 Å². The molecule has 0 aliphatic rings. The number of hydrogen-bond donors (Lipinski definition) is 1. The normalized spacial score (nSPS) is 10.9. The first-order valence-electron chi connectivity index (χ1n) is 7.18. The molecule has 0 unspecified atom stereocenters. The molecular formula is C17H14N4O2S. The molecule has 1 aromatic heterocycles. The lowest BCUT2D eigenvalue weighted by atomic mass is 10.1. The second kappa shape index (κ2) is 7.01. The van der Waals surface area contributed by atoms with Gasteiger partial charge in [-0.2, -0.15) is 5.10 Å². The van der Waals surface area contributed by atoms with Crippen molar-refractivity contribution in [2.45, 2.75) is 6.92 Å². The van der Waals surface area contributed by atoms with Gasteiger partial charge in [-0.15, -0.1) is 11.3 Å². The molecule has 0 bridgehead atoms. The highest BCUT2D eigenvalue weighted by Gasteiger charge is 2.09. The van der Waals surface area contributed by atoms with Crippen molar-refractivity contribution in [3.8, 4) is 11.3 Å². The molecule has 0 saturated carbocycles. The van der Waals surface area contributed by atoms with Crippen LogP contribution in [-0.2, 0) is 0 Å². The molecule has 120 valence electrons. The van der Waals surface area contributed by atoms with E-state index < -0.39 is 4.92 Å². The fourth-order valence-corrected chi connectivity index (χ4v) is 2.79. The molecule has 6 nitrogen and oxygen atoms in total. The summed E-state index contributed by atoms with van der Waals surface area (Å²) in [5.74, 6) is 0. The summed E-state index contributed by atoms with van der Waals surface area (Å²) in [6.45, 7) is 2.02. The molecule has 0 atom stereocenters. The molecule has 3 rings (SSSR count). The van der Waals surface area contributed by atoms with Crippen LogP contribution in [0.1, 0.15) is 11.1 Å². The number of thiazole rings is 1. The number of nitrogens with one attached hydrogen (secondary N) is 1. The molecule has 2 aromatic carbocycles. The van der Waals surface area contributed by atoms with Gasteiger partial charge in [-0.25, -0.2) is 4.98 Å². The van der Waals surface area contributed by atoms with Crippen LogP contribution in [0.4, 0.5) is 10.8 Å². The zero-order valence-electron chi connectivity index (χ0n) is 12.8. The van der Waals surface area contributed by atoms with Crippen LogP contribution in [-0.4, -0.2) is 16.1 Å². The first-order valence-corrected chi connectivity index (χ1v) is 8.06. The smallest absolute Gasteiger partial charge is 0.258 e. The highest BCUT2D eigenvalue weighted by atomic mass is 32.1. The third-order valence-corrected chi connectivity index (χ3v) is 4.16. The average Bonchev–Trinajstić information content (AvgIpc) is 3.06. The summed E-state index contributed by atoms with van der Waals surface area (Å²) >= 11 is 1.39. The minimum absolute atomic E-state index is 0.0487. The Hall–Kier alpha value is -3.06. The molecule has 0 fully saturated rings. The quantitative estimate of drug-likeness (QED) is 0.423. The first kappa shape index (κ1) is 15.8. The lowest BCUT2D eigenvalue weighted by Crippen LogP contribution is -1.92. The van der Waals surface area contributed by atoms with Gasteiger partial charge in [0.05, 0.1) is 16.8 Å². The van der Waals surface area contributed by atoms with Crippen LogP contribution in [0, 0.1) is 17.0 Å². The summed E-state index contributed by atoms with van der Waals surface area (Å²) in [7, 11) is 0. The number of benzene rings is 2. The van der Waals surface area contributed by atoms with Gasteiger partial charge in [-0.05, 0) is 18.1 Å². The lowest BCUT2D eigenvalue weighted by molar-refractivity contribution is -0.384. The summed E-state index contributed by atoms with van der Waals surface area (Å²) < 4.78 is 0. The van der Waals surface area contributed by atoms with Crippen molar-refractivity contribution in [3.63, 3.8) is 0 Å². The van der Waals surface area contributed by atoms with Crippen molar-refractivity contribution >= 4 is 28.4 Å². The molecule has 0 aliphatic heterocycles. The van der Waals surface area contributed by atoms with E-state index in [4.69, 9.17) is 0 Å². The van der Waals surface area contributed by atoms with Gasteiger partial charge in [0.2, 0.25) is 5.13 Å². The molecule has 24 heavy (non-hydrogen) atoms. The Morgan fingerprint density at radius 1 is 1.25 bits per heavy atom. The Morgan fingerprint density at radius 3 is 2.88 bits per heavy atom. The van der Waals surface area contributed by atoms with E-state index in [0.29, 0.717) is 16.4 Å². The number of aromatic nitrogens is 1. The first-order chi connectivity index (χ1) is 11.6. The van der Waals surface area contributed by atoms with E-state index >= 15 is 0 Å². The van der Waals surface area contributed by atoms with E-state index in [9.17, 15) is 10.1 Å². The lowest BCUT2D eigenvalue weighted by Gasteiger charge is -1.98. The van der Waals surface area contributed by atoms with Gasteiger partial charge in [-0.1, -0.05) is 36.4 Å². The summed E-state index contributed by atoms with van der Waals surface area (Å²) in [5, 5.41) is 17.5. The van der Waals surface area contributed by atoms with Gasteiger partial charge in [-0.3, -0.25) is 15.5 Å². The van der Waals surface area contributed by atoms with Crippen molar-refractivity contribution in [3.05, 3.63) is 75.2 Å². The van der Waals surface area contributed by atoms with Crippen LogP contribution in [0.3, 0.4) is 0 Å². The molecule has 0 radical (unpaired) electrons. The zero-order valence-corrected chi connectivity index (χ0v) is 13.7. The maximum Gasteiger partial charge on any atom is 0.270 e. The summed E-state index contributed by atoms with van der Waals surface area (Å²) in [5.41, 5.74) is 6.49. The minimum Gasteiger partial charge on any atom is -0.258 e. The summed E-state index contributed by atoms with van der Waals surface area (Å²) in [6.07, 6.45) is 1.74. The minimum atomic E-state index is -0.415. The summed E-state index contributed by atoms with van der Waals surface area (Å²) in [4.78, 5) is 14.8. The largest absolute Gasteiger partial charge is 0.270 e. The zero-order chi connectivity index (χ0) is 16.9. The Bertz CT molecular complexity index is 905. The number of anilines is 1. The van der Waals surface area contributed by atoms with Crippen LogP contribution in [0.5, 0.6) is 0 Å². The molecular weight excluding hydrogens is 324 g/mol. The topological polar surface area (TPSA) is 80.4 Å². The number of hydrogen-bond acceptors (Lipinski definition) is 6. The van der Waals surface area contributed by atoms with Crippen molar-refractivity contribution in [2.24, 2.45) is 5.10 Å². The van der Waals surface area contributed by atoms with Gasteiger partial charge in [0, 0.05) is 23.1 Å². The highest BCUT2D eigenvalue weighted by Crippen LogP contribution is 2.27. The Kier molecular flexibility index (Phi) is 4.62. The SMILES string of the molecule is Cc1ccccc1/C=N/Nc1nc(-c2cccc([N+](=O)[O-])c2)cs1. The summed E-state index contributed by atoms with van der Waals surface area (Å²) in [6, 6.07) is 14.3.